The lowest BCUT2D eigenvalue weighted by Crippen LogP contribution is -2.29. The van der Waals surface area contributed by atoms with Gasteiger partial charge in [-0.3, -0.25) is 0 Å². The van der Waals surface area contributed by atoms with Crippen molar-refractivity contribution in [1.82, 2.24) is 5.32 Å². The fourth-order valence-electron chi connectivity index (χ4n) is 2.59. The fraction of sp³-hybridized carbons (Fsp3) is 0.600. The molecule has 0 unspecified atom stereocenters. The monoisotopic (exact) mass is 269 g/mol. The quantitative estimate of drug-likeness (QED) is 0.840. The smallest absolute Gasteiger partial charge is 0.127 e. The summed E-state index contributed by atoms with van der Waals surface area (Å²) in [6, 6.07) is 5.28. The van der Waals surface area contributed by atoms with Gasteiger partial charge in [0.15, 0.2) is 0 Å². The van der Waals surface area contributed by atoms with E-state index in [2.05, 4.69) is 5.32 Å². The van der Waals surface area contributed by atoms with Crippen LogP contribution in [0.5, 0.6) is 0 Å². The molecule has 18 heavy (non-hydrogen) atoms. The molecule has 0 saturated heterocycles. The average Bonchev–Trinajstić information content (AvgIpc) is 2.32. The highest BCUT2D eigenvalue weighted by molar-refractivity contribution is 6.30. The SMILES string of the molecule is Fc1ccc(Cl)cc1CNC1CCCCCCC1. The summed E-state index contributed by atoms with van der Waals surface area (Å²) in [4.78, 5) is 0. The molecule has 0 heterocycles. The van der Waals surface area contributed by atoms with Gasteiger partial charge in [-0.15, -0.1) is 0 Å². The lowest BCUT2D eigenvalue weighted by molar-refractivity contribution is 0.386. The minimum atomic E-state index is -0.169. The van der Waals surface area contributed by atoms with Gasteiger partial charge in [-0.25, -0.2) is 4.39 Å². The van der Waals surface area contributed by atoms with Crippen LogP contribution in [0.4, 0.5) is 4.39 Å². The van der Waals surface area contributed by atoms with Crippen molar-refractivity contribution in [3.05, 3.63) is 34.6 Å². The minimum absolute atomic E-state index is 0.169. The van der Waals surface area contributed by atoms with Crippen LogP contribution < -0.4 is 5.32 Å². The lowest BCUT2D eigenvalue weighted by Gasteiger charge is -2.21. The number of hydrogen-bond donors (Lipinski definition) is 1. The Morgan fingerprint density at radius 2 is 1.78 bits per heavy atom. The normalized spacial score (nSPS) is 18.3. The predicted molar refractivity (Wildman–Crippen MR) is 74.4 cm³/mol. The van der Waals surface area contributed by atoms with Gasteiger partial charge in [0, 0.05) is 23.2 Å². The summed E-state index contributed by atoms with van der Waals surface area (Å²) in [5, 5.41) is 4.08. The molecular formula is C15H21ClFN. The van der Waals surface area contributed by atoms with Gasteiger partial charge in [-0.1, -0.05) is 43.7 Å². The maximum atomic E-state index is 13.6. The fourth-order valence-corrected chi connectivity index (χ4v) is 2.79. The Kier molecular flexibility index (Phi) is 5.45. The highest BCUT2D eigenvalue weighted by atomic mass is 35.5. The van der Waals surface area contributed by atoms with E-state index in [9.17, 15) is 4.39 Å². The number of halogens is 2. The van der Waals surface area contributed by atoms with Gasteiger partial charge in [-0.05, 0) is 31.0 Å². The molecule has 1 aliphatic rings. The van der Waals surface area contributed by atoms with E-state index in [1.54, 1.807) is 12.1 Å². The summed E-state index contributed by atoms with van der Waals surface area (Å²) in [5.74, 6) is -0.169. The van der Waals surface area contributed by atoms with E-state index in [1.807, 2.05) is 0 Å². The number of nitrogens with one attached hydrogen (secondary N) is 1. The van der Waals surface area contributed by atoms with Gasteiger partial charge < -0.3 is 5.32 Å². The van der Waals surface area contributed by atoms with Crippen LogP contribution in [-0.4, -0.2) is 6.04 Å². The molecule has 1 aliphatic carbocycles. The molecule has 0 radical (unpaired) electrons. The maximum Gasteiger partial charge on any atom is 0.127 e. The summed E-state index contributed by atoms with van der Waals surface area (Å²) >= 11 is 5.89. The first-order chi connectivity index (χ1) is 8.75. The lowest BCUT2D eigenvalue weighted by atomic mass is 9.96. The second kappa shape index (κ2) is 7.10. The summed E-state index contributed by atoms with van der Waals surface area (Å²) in [6.45, 7) is 0.580. The van der Waals surface area contributed by atoms with Crippen LogP contribution in [0.15, 0.2) is 18.2 Å². The van der Waals surface area contributed by atoms with Crippen LogP contribution in [-0.2, 0) is 6.54 Å². The molecule has 0 amide bonds. The third kappa shape index (κ3) is 4.25. The van der Waals surface area contributed by atoms with Crippen molar-refractivity contribution in [2.75, 3.05) is 0 Å². The average molecular weight is 270 g/mol. The molecule has 0 bridgehead atoms. The molecule has 1 N–H and O–H groups in total. The zero-order valence-corrected chi connectivity index (χ0v) is 11.5. The molecule has 1 aromatic carbocycles. The highest BCUT2D eigenvalue weighted by Crippen LogP contribution is 2.19. The van der Waals surface area contributed by atoms with Crippen molar-refractivity contribution in [2.24, 2.45) is 0 Å². The zero-order valence-electron chi connectivity index (χ0n) is 10.7. The Hall–Kier alpha value is -0.600. The Morgan fingerprint density at radius 1 is 1.11 bits per heavy atom. The largest absolute Gasteiger partial charge is 0.310 e. The molecule has 1 fully saturated rings. The van der Waals surface area contributed by atoms with Gasteiger partial charge in [0.05, 0.1) is 0 Å². The van der Waals surface area contributed by atoms with Gasteiger partial charge in [-0.2, -0.15) is 0 Å². The second-order valence-electron chi connectivity index (χ2n) is 5.16. The van der Waals surface area contributed by atoms with Crippen LogP contribution in [0.2, 0.25) is 5.02 Å². The molecule has 0 aliphatic heterocycles. The van der Waals surface area contributed by atoms with E-state index < -0.39 is 0 Å². The third-order valence-corrected chi connectivity index (χ3v) is 3.93. The van der Waals surface area contributed by atoms with Crippen molar-refractivity contribution >= 4 is 11.6 Å². The highest BCUT2D eigenvalue weighted by Gasteiger charge is 2.11. The van der Waals surface area contributed by atoms with Crippen LogP contribution in [0.25, 0.3) is 0 Å². The maximum absolute atomic E-state index is 13.6. The van der Waals surface area contributed by atoms with Gasteiger partial charge >= 0.3 is 0 Å². The summed E-state index contributed by atoms with van der Waals surface area (Å²) < 4.78 is 13.6. The topological polar surface area (TPSA) is 12.0 Å². The molecule has 2 rings (SSSR count). The molecule has 0 aromatic heterocycles. The Bertz CT molecular complexity index is 373. The molecule has 100 valence electrons. The third-order valence-electron chi connectivity index (χ3n) is 3.69. The van der Waals surface area contributed by atoms with Crippen molar-refractivity contribution in [3.63, 3.8) is 0 Å². The Morgan fingerprint density at radius 3 is 2.50 bits per heavy atom. The zero-order chi connectivity index (χ0) is 12.8. The van der Waals surface area contributed by atoms with Crippen molar-refractivity contribution in [3.8, 4) is 0 Å². The van der Waals surface area contributed by atoms with E-state index in [1.165, 1.54) is 51.0 Å². The predicted octanol–water partition coefficient (Wildman–Crippen LogP) is 4.68. The van der Waals surface area contributed by atoms with E-state index in [4.69, 9.17) is 11.6 Å². The summed E-state index contributed by atoms with van der Waals surface area (Å²) in [7, 11) is 0. The second-order valence-corrected chi connectivity index (χ2v) is 5.60. The summed E-state index contributed by atoms with van der Waals surface area (Å²) in [6.07, 6.45) is 9.04. The van der Waals surface area contributed by atoms with Crippen LogP contribution in [0.3, 0.4) is 0 Å². The molecule has 0 atom stereocenters. The number of hydrogen-bond acceptors (Lipinski definition) is 1. The summed E-state index contributed by atoms with van der Waals surface area (Å²) in [5.41, 5.74) is 0.671. The van der Waals surface area contributed by atoms with Crippen LogP contribution >= 0.6 is 11.6 Å². The van der Waals surface area contributed by atoms with E-state index in [0.717, 1.165) is 0 Å². The van der Waals surface area contributed by atoms with E-state index in [-0.39, 0.29) is 5.82 Å². The van der Waals surface area contributed by atoms with Crippen LogP contribution in [0, 0.1) is 5.82 Å². The molecule has 1 aromatic rings. The van der Waals surface area contributed by atoms with Gasteiger partial charge in [0.2, 0.25) is 0 Å². The first kappa shape index (κ1) is 13.8. The van der Waals surface area contributed by atoms with Crippen molar-refractivity contribution < 1.29 is 4.39 Å². The molecule has 1 saturated carbocycles. The first-order valence-electron chi connectivity index (χ1n) is 6.93. The Labute approximate surface area is 114 Å². The van der Waals surface area contributed by atoms with Gasteiger partial charge in [0.1, 0.15) is 5.82 Å². The minimum Gasteiger partial charge on any atom is -0.310 e. The van der Waals surface area contributed by atoms with Crippen molar-refractivity contribution in [1.29, 1.82) is 0 Å². The molecule has 3 heteroatoms. The molecular weight excluding hydrogens is 249 g/mol. The number of benzene rings is 1. The first-order valence-corrected chi connectivity index (χ1v) is 7.31. The van der Waals surface area contributed by atoms with E-state index >= 15 is 0 Å². The van der Waals surface area contributed by atoms with Gasteiger partial charge in [0.25, 0.3) is 0 Å². The molecule has 1 nitrogen and oxygen atoms in total. The Balaban J connectivity index is 1.87. The van der Waals surface area contributed by atoms with Crippen LogP contribution in [0.1, 0.15) is 50.5 Å². The van der Waals surface area contributed by atoms with E-state index in [0.29, 0.717) is 23.2 Å². The molecule has 0 spiro atoms. The van der Waals surface area contributed by atoms with Crippen molar-refractivity contribution in [2.45, 2.75) is 57.5 Å². The number of rotatable bonds is 3. The standard InChI is InChI=1S/C15H21ClFN/c16-13-8-9-15(17)12(10-13)11-18-14-6-4-2-1-3-5-7-14/h8-10,14,18H,1-7,11H2.